The average molecular weight is 336 g/mol. The normalized spacial score (nSPS) is 10.2. The molecule has 0 aromatic heterocycles. The Hall–Kier alpha value is -1.65. The summed E-state index contributed by atoms with van der Waals surface area (Å²) in [6.07, 6.45) is 0.460. The zero-order valence-electron chi connectivity index (χ0n) is 12.1. The van der Waals surface area contributed by atoms with Crippen LogP contribution in [0, 0.1) is 0 Å². The number of amides is 1. The Bertz CT molecular complexity index is 592. The molecule has 22 heavy (non-hydrogen) atoms. The monoisotopic (exact) mass is 335 g/mol. The number of carbonyl (C=O) groups is 1. The molecular formula is C17H18ClNO2S. The summed E-state index contributed by atoms with van der Waals surface area (Å²) >= 11 is 7.65. The summed E-state index contributed by atoms with van der Waals surface area (Å²) in [6, 6.07) is 17.2. The number of hydrogen-bond acceptors (Lipinski definition) is 3. The van der Waals surface area contributed by atoms with Crippen LogP contribution in [0.5, 0.6) is 5.75 Å². The Kier molecular flexibility index (Phi) is 7.13. The fourth-order valence-electron chi connectivity index (χ4n) is 1.78. The number of benzene rings is 2. The van der Waals surface area contributed by atoms with Crippen molar-refractivity contribution in [3.05, 3.63) is 59.6 Å². The number of halogens is 1. The molecule has 0 aliphatic rings. The van der Waals surface area contributed by atoms with Crippen LogP contribution in [-0.4, -0.2) is 24.8 Å². The smallest absolute Gasteiger partial charge is 0.220 e. The highest BCUT2D eigenvalue weighted by Crippen LogP contribution is 2.26. The summed E-state index contributed by atoms with van der Waals surface area (Å²) < 4.78 is 5.51. The largest absolute Gasteiger partial charge is 0.492 e. The molecule has 2 aromatic carbocycles. The van der Waals surface area contributed by atoms with Crippen LogP contribution in [0.25, 0.3) is 0 Å². The molecule has 0 spiro atoms. The van der Waals surface area contributed by atoms with Crippen LogP contribution in [0.15, 0.2) is 59.5 Å². The summed E-state index contributed by atoms with van der Waals surface area (Å²) in [5, 5.41) is 3.57. The van der Waals surface area contributed by atoms with Crippen LogP contribution in [-0.2, 0) is 4.79 Å². The van der Waals surface area contributed by atoms with Gasteiger partial charge in [-0.2, -0.15) is 0 Å². The first-order valence-electron chi connectivity index (χ1n) is 7.07. The summed E-state index contributed by atoms with van der Waals surface area (Å²) in [5.41, 5.74) is 0. The zero-order valence-corrected chi connectivity index (χ0v) is 13.7. The van der Waals surface area contributed by atoms with E-state index in [1.54, 1.807) is 11.8 Å². The molecule has 2 aromatic rings. The Morgan fingerprint density at radius 1 is 1.09 bits per heavy atom. The van der Waals surface area contributed by atoms with Crippen LogP contribution in [0.1, 0.15) is 6.42 Å². The van der Waals surface area contributed by atoms with E-state index in [0.29, 0.717) is 25.3 Å². The van der Waals surface area contributed by atoms with E-state index in [2.05, 4.69) is 5.32 Å². The highest BCUT2D eigenvalue weighted by molar-refractivity contribution is 7.99. The predicted molar refractivity (Wildman–Crippen MR) is 91.7 cm³/mol. The van der Waals surface area contributed by atoms with Crippen LogP contribution in [0.2, 0.25) is 5.02 Å². The van der Waals surface area contributed by atoms with E-state index < -0.39 is 0 Å². The number of carbonyl (C=O) groups excluding carboxylic acids is 1. The molecular weight excluding hydrogens is 318 g/mol. The summed E-state index contributed by atoms with van der Waals surface area (Å²) in [4.78, 5) is 12.7. The first-order valence-corrected chi connectivity index (χ1v) is 8.44. The molecule has 0 atom stereocenters. The second-order valence-corrected chi connectivity index (χ2v) is 6.08. The fourth-order valence-corrected chi connectivity index (χ4v) is 2.97. The summed E-state index contributed by atoms with van der Waals surface area (Å²) in [6.45, 7) is 0.970. The molecule has 5 heteroatoms. The maximum atomic E-state index is 11.7. The van der Waals surface area contributed by atoms with Crippen molar-refractivity contribution >= 4 is 29.3 Å². The van der Waals surface area contributed by atoms with E-state index in [9.17, 15) is 4.79 Å². The minimum Gasteiger partial charge on any atom is -0.492 e. The number of ether oxygens (including phenoxy) is 1. The van der Waals surface area contributed by atoms with Gasteiger partial charge in [0.15, 0.2) is 0 Å². The minimum absolute atomic E-state index is 0.0243. The number of nitrogens with one attached hydrogen (secondary N) is 1. The molecule has 0 aliphatic carbocycles. The summed E-state index contributed by atoms with van der Waals surface area (Å²) in [5.74, 6) is 1.54. The highest BCUT2D eigenvalue weighted by atomic mass is 35.5. The second kappa shape index (κ2) is 9.38. The number of hydrogen-bond donors (Lipinski definition) is 1. The molecule has 3 nitrogen and oxygen atoms in total. The van der Waals surface area contributed by atoms with Crippen LogP contribution in [0.4, 0.5) is 0 Å². The van der Waals surface area contributed by atoms with Gasteiger partial charge in [0.05, 0.1) is 11.6 Å². The number of para-hydroxylation sites is 1. The van der Waals surface area contributed by atoms with E-state index >= 15 is 0 Å². The van der Waals surface area contributed by atoms with Crippen molar-refractivity contribution < 1.29 is 9.53 Å². The second-order valence-electron chi connectivity index (χ2n) is 4.54. The van der Waals surface area contributed by atoms with Crippen molar-refractivity contribution in [2.45, 2.75) is 11.3 Å². The first-order chi connectivity index (χ1) is 10.8. The lowest BCUT2D eigenvalue weighted by molar-refractivity contribution is -0.120. The summed E-state index contributed by atoms with van der Waals surface area (Å²) in [7, 11) is 0. The van der Waals surface area contributed by atoms with Gasteiger partial charge in [-0.25, -0.2) is 0 Å². The van der Waals surface area contributed by atoms with Crippen molar-refractivity contribution in [3.63, 3.8) is 0 Å². The van der Waals surface area contributed by atoms with E-state index in [0.717, 1.165) is 15.7 Å². The van der Waals surface area contributed by atoms with Gasteiger partial charge in [0.1, 0.15) is 12.4 Å². The lowest BCUT2D eigenvalue weighted by Crippen LogP contribution is -2.28. The minimum atomic E-state index is 0.0243. The Balaban J connectivity index is 1.57. The highest BCUT2D eigenvalue weighted by Gasteiger charge is 2.04. The Morgan fingerprint density at radius 2 is 1.82 bits per heavy atom. The van der Waals surface area contributed by atoms with Crippen LogP contribution < -0.4 is 10.1 Å². The third-order valence-corrected chi connectivity index (χ3v) is 4.38. The zero-order chi connectivity index (χ0) is 15.6. The van der Waals surface area contributed by atoms with Gasteiger partial charge in [-0.15, -0.1) is 11.8 Å². The third-order valence-electron chi connectivity index (χ3n) is 2.86. The molecule has 1 amide bonds. The molecule has 0 heterocycles. The van der Waals surface area contributed by atoms with Gasteiger partial charge in [0.2, 0.25) is 5.91 Å². The van der Waals surface area contributed by atoms with Gasteiger partial charge < -0.3 is 10.1 Å². The van der Waals surface area contributed by atoms with Gasteiger partial charge in [0, 0.05) is 17.1 Å². The standard InChI is InChI=1S/C17H18ClNO2S/c18-15-8-4-5-9-16(15)22-13-10-17(20)19-11-12-21-14-6-2-1-3-7-14/h1-9H,10-13H2,(H,19,20). The van der Waals surface area contributed by atoms with Gasteiger partial charge in [-0.05, 0) is 24.3 Å². The first kappa shape index (κ1) is 16.7. The van der Waals surface area contributed by atoms with Crippen molar-refractivity contribution in [2.24, 2.45) is 0 Å². The molecule has 0 saturated carbocycles. The topological polar surface area (TPSA) is 38.3 Å². The van der Waals surface area contributed by atoms with E-state index in [4.69, 9.17) is 16.3 Å². The molecule has 2 rings (SSSR count). The number of rotatable bonds is 8. The van der Waals surface area contributed by atoms with Gasteiger partial charge in [-0.3, -0.25) is 4.79 Å². The predicted octanol–water partition coefficient (Wildman–Crippen LogP) is 4.02. The lowest BCUT2D eigenvalue weighted by Gasteiger charge is -2.08. The van der Waals surface area contributed by atoms with E-state index in [1.807, 2.05) is 54.6 Å². The third kappa shape index (κ3) is 6.00. The van der Waals surface area contributed by atoms with Crippen LogP contribution in [0.3, 0.4) is 0 Å². The maximum Gasteiger partial charge on any atom is 0.220 e. The van der Waals surface area contributed by atoms with Gasteiger partial charge in [0.25, 0.3) is 0 Å². The van der Waals surface area contributed by atoms with Crippen molar-refractivity contribution in [1.82, 2.24) is 5.32 Å². The molecule has 116 valence electrons. The molecule has 0 saturated heterocycles. The van der Waals surface area contributed by atoms with E-state index in [-0.39, 0.29) is 5.91 Å². The number of thioether (sulfide) groups is 1. The molecule has 0 bridgehead atoms. The maximum absolute atomic E-state index is 11.7. The van der Waals surface area contributed by atoms with Crippen molar-refractivity contribution in [3.8, 4) is 5.75 Å². The molecule has 0 radical (unpaired) electrons. The van der Waals surface area contributed by atoms with Crippen molar-refractivity contribution in [1.29, 1.82) is 0 Å². The Morgan fingerprint density at radius 3 is 2.59 bits per heavy atom. The average Bonchev–Trinajstić information content (AvgIpc) is 2.54. The fraction of sp³-hybridized carbons (Fsp3) is 0.235. The SMILES string of the molecule is O=C(CCSc1ccccc1Cl)NCCOc1ccccc1. The van der Waals surface area contributed by atoms with E-state index in [1.165, 1.54) is 0 Å². The Labute approximate surface area is 140 Å². The van der Waals surface area contributed by atoms with Crippen LogP contribution >= 0.6 is 23.4 Å². The quantitative estimate of drug-likeness (QED) is 0.585. The molecule has 0 unspecified atom stereocenters. The molecule has 0 fully saturated rings. The van der Waals surface area contributed by atoms with Crippen molar-refractivity contribution in [2.75, 3.05) is 18.9 Å². The molecule has 1 N–H and O–H groups in total. The van der Waals surface area contributed by atoms with Gasteiger partial charge >= 0.3 is 0 Å². The van der Waals surface area contributed by atoms with Gasteiger partial charge in [-0.1, -0.05) is 41.9 Å². The molecule has 0 aliphatic heterocycles. The lowest BCUT2D eigenvalue weighted by atomic mass is 10.3.